The Hall–Kier alpha value is -2.15. The highest BCUT2D eigenvalue weighted by molar-refractivity contribution is 5.44. The van der Waals surface area contributed by atoms with Crippen molar-refractivity contribution in [3.8, 4) is 6.07 Å². The van der Waals surface area contributed by atoms with Crippen LogP contribution in [0.1, 0.15) is 48.6 Å². The van der Waals surface area contributed by atoms with E-state index in [1.54, 1.807) is 18.3 Å². The minimum absolute atomic E-state index is 0.0106. The van der Waals surface area contributed by atoms with Gasteiger partial charge in [0.1, 0.15) is 5.82 Å². The van der Waals surface area contributed by atoms with E-state index in [4.69, 9.17) is 5.26 Å². The molecule has 3 rings (SSSR count). The first kappa shape index (κ1) is 11.9. The number of hydrogen-bond donors (Lipinski definition) is 1. The predicted molar refractivity (Wildman–Crippen MR) is 69.2 cm³/mol. The lowest BCUT2D eigenvalue weighted by Gasteiger charge is -2.19. The molecular formula is C15H14FN3. The second-order valence-electron chi connectivity index (χ2n) is 5.69. The van der Waals surface area contributed by atoms with Crippen molar-refractivity contribution < 1.29 is 4.39 Å². The van der Waals surface area contributed by atoms with E-state index in [1.807, 2.05) is 6.07 Å². The van der Waals surface area contributed by atoms with Crippen LogP contribution in [0.3, 0.4) is 0 Å². The van der Waals surface area contributed by atoms with E-state index in [2.05, 4.69) is 24.0 Å². The summed E-state index contributed by atoms with van der Waals surface area (Å²) in [6, 6.07) is 6.65. The average Bonchev–Trinajstić information content (AvgIpc) is 2.93. The maximum atomic E-state index is 14.2. The summed E-state index contributed by atoms with van der Waals surface area (Å²) in [5, 5.41) is 15.9. The first-order valence-corrected chi connectivity index (χ1v) is 6.26. The molecule has 1 aliphatic rings. The number of aromatic nitrogens is 2. The molecule has 1 heterocycles. The SMILES string of the molecule is CC1(C)CC(c2ccc(C#N)cc2F)c2cn[nH]c21. The van der Waals surface area contributed by atoms with Crippen LogP contribution in [0, 0.1) is 17.1 Å². The van der Waals surface area contributed by atoms with Crippen molar-refractivity contribution in [1.29, 1.82) is 5.26 Å². The van der Waals surface area contributed by atoms with Crippen LogP contribution in [0.2, 0.25) is 0 Å². The molecule has 1 atom stereocenters. The standard InChI is InChI=1S/C15H14FN3/c1-15(2)6-11(12-8-18-19-14(12)15)10-4-3-9(7-17)5-13(10)16/h3-5,8,11H,6H2,1-2H3,(H,18,19). The fourth-order valence-electron chi connectivity index (χ4n) is 2.98. The van der Waals surface area contributed by atoms with Gasteiger partial charge in [-0.25, -0.2) is 4.39 Å². The Morgan fingerprint density at radius 3 is 2.89 bits per heavy atom. The first-order valence-electron chi connectivity index (χ1n) is 6.26. The molecular weight excluding hydrogens is 241 g/mol. The average molecular weight is 255 g/mol. The molecule has 1 unspecified atom stereocenters. The van der Waals surface area contributed by atoms with Crippen LogP contribution in [0.5, 0.6) is 0 Å². The zero-order valence-corrected chi connectivity index (χ0v) is 10.9. The summed E-state index contributed by atoms with van der Waals surface area (Å²) in [5.41, 5.74) is 3.12. The molecule has 3 nitrogen and oxygen atoms in total. The van der Waals surface area contributed by atoms with Gasteiger partial charge >= 0.3 is 0 Å². The summed E-state index contributed by atoms with van der Waals surface area (Å²) in [6.07, 6.45) is 2.63. The summed E-state index contributed by atoms with van der Waals surface area (Å²) in [4.78, 5) is 0. The van der Waals surface area contributed by atoms with Gasteiger partial charge in [0.05, 0.1) is 17.8 Å². The van der Waals surface area contributed by atoms with Gasteiger partial charge in [0, 0.05) is 22.6 Å². The van der Waals surface area contributed by atoms with Gasteiger partial charge in [-0.05, 0) is 24.1 Å². The monoisotopic (exact) mass is 255 g/mol. The Bertz CT molecular complexity index is 679. The smallest absolute Gasteiger partial charge is 0.128 e. The molecule has 1 aliphatic carbocycles. The molecule has 0 spiro atoms. The van der Waals surface area contributed by atoms with Gasteiger partial charge in [-0.1, -0.05) is 19.9 Å². The van der Waals surface area contributed by atoms with Gasteiger partial charge in [0.25, 0.3) is 0 Å². The summed E-state index contributed by atoms with van der Waals surface area (Å²) in [6.45, 7) is 4.26. The Kier molecular flexibility index (Phi) is 2.46. The second-order valence-corrected chi connectivity index (χ2v) is 5.69. The number of rotatable bonds is 1. The molecule has 0 fully saturated rings. The normalized spacial score (nSPS) is 20.0. The van der Waals surface area contributed by atoms with Gasteiger partial charge in [-0.3, -0.25) is 5.10 Å². The van der Waals surface area contributed by atoms with E-state index in [9.17, 15) is 4.39 Å². The van der Waals surface area contributed by atoms with Crippen molar-refractivity contribution in [2.24, 2.45) is 0 Å². The molecule has 0 amide bonds. The van der Waals surface area contributed by atoms with Gasteiger partial charge in [0.2, 0.25) is 0 Å². The Morgan fingerprint density at radius 2 is 2.21 bits per heavy atom. The van der Waals surface area contributed by atoms with Gasteiger partial charge in [-0.2, -0.15) is 10.4 Å². The molecule has 0 aliphatic heterocycles. The fourth-order valence-corrected chi connectivity index (χ4v) is 2.98. The lowest BCUT2D eigenvalue weighted by Crippen LogP contribution is -2.14. The molecule has 2 aromatic rings. The number of H-pyrrole nitrogens is 1. The molecule has 19 heavy (non-hydrogen) atoms. The lowest BCUT2D eigenvalue weighted by molar-refractivity contribution is 0.475. The van der Waals surface area contributed by atoms with Crippen LogP contribution in [-0.2, 0) is 5.41 Å². The molecule has 1 N–H and O–H groups in total. The van der Waals surface area contributed by atoms with Crippen LogP contribution in [0.4, 0.5) is 4.39 Å². The number of hydrogen-bond acceptors (Lipinski definition) is 2. The van der Waals surface area contributed by atoms with Crippen LogP contribution in [-0.4, -0.2) is 10.2 Å². The van der Waals surface area contributed by atoms with E-state index in [1.165, 1.54) is 6.07 Å². The summed E-state index contributed by atoms with van der Waals surface area (Å²) >= 11 is 0. The molecule has 0 bridgehead atoms. The first-order chi connectivity index (χ1) is 9.03. The van der Waals surface area contributed by atoms with E-state index >= 15 is 0 Å². The number of benzene rings is 1. The maximum absolute atomic E-state index is 14.2. The van der Waals surface area contributed by atoms with Crippen molar-refractivity contribution in [1.82, 2.24) is 10.2 Å². The van der Waals surface area contributed by atoms with E-state index < -0.39 is 0 Å². The number of nitrogens with zero attached hydrogens (tertiary/aromatic N) is 2. The number of halogens is 1. The molecule has 0 saturated heterocycles. The van der Waals surface area contributed by atoms with Gasteiger partial charge in [0.15, 0.2) is 0 Å². The van der Waals surface area contributed by atoms with Crippen LogP contribution >= 0.6 is 0 Å². The highest BCUT2D eigenvalue weighted by Gasteiger charge is 2.40. The number of fused-ring (bicyclic) bond motifs is 1. The third kappa shape index (κ3) is 1.74. The highest BCUT2D eigenvalue weighted by Crippen LogP contribution is 2.48. The molecule has 96 valence electrons. The van der Waals surface area contributed by atoms with Gasteiger partial charge < -0.3 is 0 Å². The molecule has 0 radical (unpaired) electrons. The van der Waals surface area contributed by atoms with E-state index in [0.717, 1.165) is 17.7 Å². The third-order valence-electron chi connectivity index (χ3n) is 3.94. The number of nitrogens with one attached hydrogen (secondary N) is 1. The Morgan fingerprint density at radius 1 is 1.42 bits per heavy atom. The largest absolute Gasteiger partial charge is 0.282 e. The number of nitriles is 1. The van der Waals surface area contributed by atoms with E-state index in [-0.39, 0.29) is 17.2 Å². The Labute approximate surface area is 111 Å². The molecule has 1 aromatic heterocycles. The third-order valence-corrected chi connectivity index (χ3v) is 3.94. The van der Waals surface area contributed by atoms with Gasteiger partial charge in [-0.15, -0.1) is 0 Å². The summed E-state index contributed by atoms with van der Waals surface area (Å²) < 4.78 is 14.2. The predicted octanol–water partition coefficient (Wildman–Crippen LogP) is 3.23. The van der Waals surface area contributed by atoms with Crippen LogP contribution < -0.4 is 0 Å². The Balaban J connectivity index is 2.09. The summed E-state index contributed by atoms with van der Waals surface area (Å²) in [7, 11) is 0. The lowest BCUT2D eigenvalue weighted by atomic mass is 9.86. The molecule has 4 heteroatoms. The minimum Gasteiger partial charge on any atom is -0.282 e. The molecule has 1 aromatic carbocycles. The van der Waals surface area contributed by atoms with Crippen molar-refractivity contribution in [3.63, 3.8) is 0 Å². The highest BCUT2D eigenvalue weighted by atomic mass is 19.1. The summed E-state index contributed by atoms with van der Waals surface area (Å²) in [5.74, 6) is -0.301. The second kappa shape index (κ2) is 3.92. The molecule has 0 saturated carbocycles. The quantitative estimate of drug-likeness (QED) is 0.850. The van der Waals surface area contributed by atoms with Crippen molar-refractivity contribution in [2.75, 3.05) is 0 Å². The minimum atomic E-state index is -0.311. The van der Waals surface area contributed by atoms with Crippen molar-refractivity contribution in [2.45, 2.75) is 31.6 Å². The van der Waals surface area contributed by atoms with E-state index in [0.29, 0.717) is 11.1 Å². The zero-order valence-electron chi connectivity index (χ0n) is 10.9. The topological polar surface area (TPSA) is 52.5 Å². The van der Waals surface area contributed by atoms with Crippen LogP contribution in [0.25, 0.3) is 0 Å². The van der Waals surface area contributed by atoms with Crippen molar-refractivity contribution in [3.05, 3.63) is 52.6 Å². The number of aromatic amines is 1. The fraction of sp³-hybridized carbons (Fsp3) is 0.333. The zero-order chi connectivity index (χ0) is 13.6. The van der Waals surface area contributed by atoms with Crippen LogP contribution in [0.15, 0.2) is 24.4 Å². The van der Waals surface area contributed by atoms with Crippen molar-refractivity contribution >= 4 is 0 Å². The maximum Gasteiger partial charge on any atom is 0.128 e.